The quantitative estimate of drug-likeness (QED) is 0.690. The van der Waals surface area contributed by atoms with E-state index in [4.69, 9.17) is 10.5 Å². The first-order valence-electron chi connectivity index (χ1n) is 7.89. The van der Waals surface area contributed by atoms with Gasteiger partial charge in [0.1, 0.15) is 0 Å². The van der Waals surface area contributed by atoms with Crippen LogP contribution in [0.2, 0.25) is 0 Å². The largest absolute Gasteiger partial charge is 0.383 e. The van der Waals surface area contributed by atoms with Gasteiger partial charge in [-0.3, -0.25) is 4.79 Å². The molecule has 7 nitrogen and oxygen atoms in total. The molecule has 2 rings (SSSR count). The van der Waals surface area contributed by atoms with Gasteiger partial charge in [-0.1, -0.05) is 6.92 Å². The van der Waals surface area contributed by atoms with Crippen LogP contribution in [0.3, 0.4) is 0 Å². The zero-order valence-electron chi connectivity index (χ0n) is 14.1. The Kier molecular flexibility index (Phi) is 5.97. The van der Waals surface area contributed by atoms with Crippen molar-refractivity contribution < 1.29 is 17.9 Å². The first-order valence-corrected chi connectivity index (χ1v) is 9.38. The van der Waals surface area contributed by atoms with Gasteiger partial charge in [-0.2, -0.15) is 0 Å². The number of rotatable bonds is 7. The zero-order chi connectivity index (χ0) is 17.8. The minimum absolute atomic E-state index is 0.0375. The van der Waals surface area contributed by atoms with Gasteiger partial charge < -0.3 is 15.4 Å². The molecule has 0 aliphatic carbocycles. The highest BCUT2D eigenvalue weighted by atomic mass is 32.2. The van der Waals surface area contributed by atoms with Crippen molar-refractivity contribution in [1.82, 2.24) is 9.62 Å². The number of methoxy groups -OCH3 is 1. The van der Waals surface area contributed by atoms with Crippen molar-refractivity contribution in [3.05, 3.63) is 29.8 Å². The summed E-state index contributed by atoms with van der Waals surface area (Å²) >= 11 is 0. The number of benzene rings is 1. The van der Waals surface area contributed by atoms with Gasteiger partial charge in [0.25, 0.3) is 5.91 Å². The van der Waals surface area contributed by atoms with Gasteiger partial charge in [0.15, 0.2) is 0 Å². The molecule has 1 aromatic carbocycles. The summed E-state index contributed by atoms with van der Waals surface area (Å²) in [6, 6.07) is 5.98. The number of carbonyl (C=O) groups is 1. The zero-order valence-corrected chi connectivity index (χ0v) is 14.9. The van der Waals surface area contributed by atoms with Gasteiger partial charge in [0, 0.05) is 32.3 Å². The topological polar surface area (TPSA) is 102 Å². The van der Waals surface area contributed by atoms with Crippen LogP contribution in [0.5, 0.6) is 0 Å². The predicted molar refractivity (Wildman–Crippen MR) is 91.2 cm³/mol. The van der Waals surface area contributed by atoms with Gasteiger partial charge in [-0.05, 0) is 42.6 Å². The SMILES string of the molecule is COCCNS(=O)(=O)c1ccc(C(=O)N2CCC(C)(CN)C2)cc1. The van der Waals surface area contributed by atoms with Crippen molar-refractivity contribution in [3.63, 3.8) is 0 Å². The number of hydrogen-bond acceptors (Lipinski definition) is 5. The molecule has 1 amide bonds. The summed E-state index contributed by atoms with van der Waals surface area (Å²) in [7, 11) is -2.09. The molecule has 0 saturated carbocycles. The van der Waals surface area contributed by atoms with Crippen molar-refractivity contribution in [3.8, 4) is 0 Å². The molecule has 0 spiro atoms. The fraction of sp³-hybridized carbons (Fsp3) is 0.562. The number of nitrogens with two attached hydrogens (primary N) is 1. The van der Waals surface area contributed by atoms with E-state index < -0.39 is 10.0 Å². The molecule has 3 N–H and O–H groups in total. The lowest BCUT2D eigenvalue weighted by molar-refractivity contribution is 0.0777. The average molecular weight is 355 g/mol. The Hall–Kier alpha value is -1.48. The van der Waals surface area contributed by atoms with Crippen molar-refractivity contribution in [2.45, 2.75) is 18.2 Å². The Morgan fingerprint density at radius 2 is 2.04 bits per heavy atom. The normalized spacial score (nSPS) is 21.2. The minimum Gasteiger partial charge on any atom is -0.383 e. The van der Waals surface area contributed by atoms with E-state index in [0.717, 1.165) is 6.42 Å². The molecule has 1 atom stereocenters. The van der Waals surface area contributed by atoms with Crippen molar-refractivity contribution in [1.29, 1.82) is 0 Å². The summed E-state index contributed by atoms with van der Waals surface area (Å²) in [6.07, 6.45) is 0.880. The molecule has 134 valence electrons. The Morgan fingerprint density at radius 3 is 2.58 bits per heavy atom. The molecule has 8 heteroatoms. The van der Waals surface area contributed by atoms with Crippen LogP contribution in [0, 0.1) is 5.41 Å². The maximum atomic E-state index is 12.5. The minimum atomic E-state index is -3.59. The van der Waals surface area contributed by atoms with Crippen molar-refractivity contribution in [2.75, 3.05) is 39.9 Å². The molecule has 1 aliphatic rings. The first kappa shape index (κ1) is 18.9. The molecule has 1 unspecified atom stereocenters. The standard InChI is InChI=1S/C16H25N3O4S/c1-16(11-17)7-9-19(12-16)15(20)13-3-5-14(6-4-13)24(21,22)18-8-10-23-2/h3-6,18H,7-12,17H2,1-2H3. The summed E-state index contributed by atoms with van der Waals surface area (Å²) in [6.45, 7) is 4.41. The second-order valence-corrected chi connectivity index (χ2v) is 8.17. The maximum absolute atomic E-state index is 12.5. The molecule has 1 heterocycles. The van der Waals surface area contributed by atoms with E-state index in [2.05, 4.69) is 11.6 Å². The third-order valence-electron chi connectivity index (χ3n) is 4.35. The van der Waals surface area contributed by atoms with Gasteiger partial charge in [-0.15, -0.1) is 0 Å². The van der Waals surface area contributed by atoms with Crippen LogP contribution in [0.4, 0.5) is 0 Å². The van der Waals surface area contributed by atoms with Crippen LogP contribution in [-0.2, 0) is 14.8 Å². The molecule has 1 saturated heterocycles. The number of likely N-dealkylation sites (tertiary alicyclic amines) is 1. The fourth-order valence-corrected chi connectivity index (χ4v) is 3.70. The van der Waals surface area contributed by atoms with Crippen molar-refractivity contribution >= 4 is 15.9 Å². The molecule has 0 bridgehead atoms. The molecular weight excluding hydrogens is 330 g/mol. The molecule has 1 aromatic rings. The van der Waals surface area contributed by atoms with E-state index in [9.17, 15) is 13.2 Å². The van der Waals surface area contributed by atoms with Crippen LogP contribution in [-0.4, -0.2) is 59.1 Å². The van der Waals surface area contributed by atoms with Gasteiger partial charge >= 0.3 is 0 Å². The number of sulfonamides is 1. The van der Waals surface area contributed by atoms with Crippen LogP contribution < -0.4 is 10.5 Å². The lowest BCUT2D eigenvalue weighted by Gasteiger charge is -2.22. The van der Waals surface area contributed by atoms with E-state index in [1.54, 1.807) is 17.0 Å². The summed E-state index contributed by atoms with van der Waals surface area (Å²) < 4.78 is 31.4. The number of hydrogen-bond donors (Lipinski definition) is 2. The van der Waals surface area contributed by atoms with E-state index in [-0.39, 0.29) is 22.8 Å². The summed E-state index contributed by atoms with van der Waals surface area (Å²) in [5, 5.41) is 0. The second-order valence-electron chi connectivity index (χ2n) is 6.41. The number of nitrogens with one attached hydrogen (secondary N) is 1. The Labute approximate surface area is 143 Å². The third kappa shape index (κ3) is 4.32. The second kappa shape index (κ2) is 7.60. The number of carbonyl (C=O) groups excluding carboxylic acids is 1. The average Bonchev–Trinajstić information content (AvgIpc) is 2.97. The summed E-state index contributed by atoms with van der Waals surface area (Å²) in [5.41, 5.74) is 6.21. The van der Waals surface area contributed by atoms with E-state index in [0.29, 0.717) is 31.8 Å². The highest BCUT2D eigenvalue weighted by molar-refractivity contribution is 7.89. The van der Waals surface area contributed by atoms with Crippen molar-refractivity contribution in [2.24, 2.45) is 11.1 Å². The van der Waals surface area contributed by atoms with Crippen LogP contribution in [0.25, 0.3) is 0 Å². The number of amides is 1. The molecule has 24 heavy (non-hydrogen) atoms. The Morgan fingerprint density at radius 1 is 1.38 bits per heavy atom. The Balaban J connectivity index is 2.05. The van der Waals surface area contributed by atoms with Crippen LogP contribution in [0.1, 0.15) is 23.7 Å². The number of nitrogens with zero attached hydrogens (tertiary/aromatic N) is 1. The van der Waals surface area contributed by atoms with Crippen LogP contribution >= 0.6 is 0 Å². The molecular formula is C16H25N3O4S. The molecule has 0 aromatic heterocycles. The molecule has 0 radical (unpaired) electrons. The highest BCUT2D eigenvalue weighted by Gasteiger charge is 2.35. The fourth-order valence-electron chi connectivity index (χ4n) is 2.68. The predicted octanol–water partition coefficient (Wildman–Crippen LogP) is 0.422. The monoisotopic (exact) mass is 355 g/mol. The van der Waals surface area contributed by atoms with Gasteiger partial charge in [0.2, 0.25) is 10.0 Å². The molecule has 1 aliphatic heterocycles. The van der Waals surface area contributed by atoms with Gasteiger partial charge in [0.05, 0.1) is 11.5 Å². The molecule has 1 fully saturated rings. The highest BCUT2D eigenvalue weighted by Crippen LogP contribution is 2.29. The van der Waals surface area contributed by atoms with Gasteiger partial charge in [-0.25, -0.2) is 13.1 Å². The Bertz CT molecular complexity index is 675. The first-order chi connectivity index (χ1) is 11.3. The summed E-state index contributed by atoms with van der Waals surface area (Å²) in [5.74, 6) is -0.0940. The number of ether oxygens (including phenoxy) is 1. The smallest absolute Gasteiger partial charge is 0.253 e. The summed E-state index contributed by atoms with van der Waals surface area (Å²) in [4.78, 5) is 14.4. The maximum Gasteiger partial charge on any atom is 0.253 e. The lowest BCUT2D eigenvalue weighted by atomic mass is 9.90. The van der Waals surface area contributed by atoms with E-state index >= 15 is 0 Å². The lowest BCUT2D eigenvalue weighted by Crippen LogP contribution is -2.34. The third-order valence-corrected chi connectivity index (χ3v) is 5.82. The van der Waals surface area contributed by atoms with E-state index in [1.165, 1.54) is 19.2 Å². The van der Waals surface area contributed by atoms with Crippen LogP contribution in [0.15, 0.2) is 29.2 Å². The van der Waals surface area contributed by atoms with E-state index in [1.807, 2.05) is 0 Å².